The highest BCUT2D eigenvalue weighted by Gasteiger charge is 2.30. The van der Waals surface area contributed by atoms with Crippen molar-refractivity contribution in [2.24, 2.45) is 10.9 Å². The van der Waals surface area contributed by atoms with Crippen molar-refractivity contribution in [1.82, 2.24) is 15.5 Å². The van der Waals surface area contributed by atoms with E-state index in [2.05, 4.69) is 15.6 Å². The molecule has 292 valence electrons. The van der Waals surface area contributed by atoms with Gasteiger partial charge in [0.15, 0.2) is 0 Å². The van der Waals surface area contributed by atoms with Gasteiger partial charge in [0.05, 0.1) is 17.8 Å². The van der Waals surface area contributed by atoms with E-state index in [4.69, 9.17) is 14.2 Å². The van der Waals surface area contributed by atoms with Gasteiger partial charge in [-0.2, -0.15) is 0 Å². The zero-order valence-electron chi connectivity index (χ0n) is 32.7. The van der Waals surface area contributed by atoms with Crippen molar-refractivity contribution in [2.75, 3.05) is 6.54 Å². The van der Waals surface area contributed by atoms with Crippen LogP contribution in [0.1, 0.15) is 94.4 Å². The van der Waals surface area contributed by atoms with Crippen LogP contribution >= 0.6 is 0 Å². The number of nitrogens with one attached hydrogen (secondary N) is 2. The first kappa shape index (κ1) is 41.9. The van der Waals surface area contributed by atoms with Gasteiger partial charge in [-0.1, -0.05) is 30.3 Å². The Kier molecular flexibility index (Phi) is 13.7. The van der Waals surface area contributed by atoms with E-state index < -0.39 is 29.4 Å². The number of aliphatic imine (C=N–C) groups is 1. The van der Waals surface area contributed by atoms with Gasteiger partial charge in [0.1, 0.15) is 28.5 Å². The van der Waals surface area contributed by atoms with Gasteiger partial charge in [-0.15, -0.1) is 0 Å². The summed E-state index contributed by atoms with van der Waals surface area (Å²) in [5.74, 6) is -0.926. The number of hydrogen-bond acceptors (Lipinski definition) is 10. The molecule has 0 radical (unpaired) electrons. The fourth-order valence-electron chi connectivity index (χ4n) is 5.87. The number of carbonyl (C=O) groups excluding carboxylic acids is 6. The number of benzene rings is 3. The zero-order valence-corrected chi connectivity index (χ0v) is 32.7. The molecule has 13 heteroatoms. The average Bonchev–Trinajstić information content (AvgIpc) is 3.06. The SMILES string of the molecule is CC(=O)Cc1ccc(CN(CC(C)=O)C(=O)C2CCc3cc(OC(=O)c4ccc(N=C(NC(=O)OC(C)(C)C)NC(=O)OC(C)(C)C)cc4)ccc3C2)cc1. The molecule has 0 spiro atoms. The summed E-state index contributed by atoms with van der Waals surface area (Å²) in [5.41, 5.74) is 2.67. The van der Waals surface area contributed by atoms with Crippen LogP contribution in [0.3, 0.4) is 0 Å². The smallest absolute Gasteiger partial charge is 0.414 e. The Morgan fingerprint density at radius 3 is 1.87 bits per heavy atom. The number of esters is 1. The third-order valence-electron chi connectivity index (χ3n) is 8.12. The van der Waals surface area contributed by atoms with Crippen molar-refractivity contribution in [2.45, 2.75) is 98.8 Å². The number of aryl methyl sites for hydroxylation is 1. The van der Waals surface area contributed by atoms with Crippen LogP contribution in [0.25, 0.3) is 0 Å². The van der Waals surface area contributed by atoms with Crippen molar-refractivity contribution >= 4 is 47.3 Å². The molecule has 1 unspecified atom stereocenters. The number of rotatable bonds is 10. The van der Waals surface area contributed by atoms with E-state index >= 15 is 0 Å². The summed E-state index contributed by atoms with van der Waals surface area (Å²) in [6.07, 6.45) is 0.325. The van der Waals surface area contributed by atoms with Crippen LogP contribution < -0.4 is 15.4 Å². The van der Waals surface area contributed by atoms with Crippen molar-refractivity contribution in [3.63, 3.8) is 0 Å². The number of ether oxygens (including phenoxy) is 3. The minimum atomic E-state index is -0.838. The van der Waals surface area contributed by atoms with Gasteiger partial charge in [-0.05, 0) is 133 Å². The molecule has 0 fully saturated rings. The van der Waals surface area contributed by atoms with Gasteiger partial charge in [0.2, 0.25) is 11.9 Å². The highest BCUT2D eigenvalue weighted by atomic mass is 16.6. The predicted molar refractivity (Wildman–Crippen MR) is 206 cm³/mol. The van der Waals surface area contributed by atoms with Crippen LogP contribution in [0.15, 0.2) is 71.7 Å². The third-order valence-corrected chi connectivity index (χ3v) is 8.12. The molecule has 0 saturated heterocycles. The lowest BCUT2D eigenvalue weighted by atomic mass is 9.83. The van der Waals surface area contributed by atoms with E-state index in [0.717, 1.165) is 22.3 Å². The summed E-state index contributed by atoms with van der Waals surface area (Å²) >= 11 is 0. The molecule has 1 aliphatic carbocycles. The first-order chi connectivity index (χ1) is 25.7. The molecule has 3 aromatic carbocycles. The predicted octanol–water partition coefficient (Wildman–Crippen LogP) is 6.80. The summed E-state index contributed by atoms with van der Waals surface area (Å²) in [6, 6.07) is 18.9. The van der Waals surface area contributed by atoms with E-state index in [1.807, 2.05) is 30.3 Å². The number of nitrogens with zero attached hydrogens (tertiary/aromatic N) is 2. The molecular formula is C42H50N4O9. The Labute approximate surface area is 321 Å². The van der Waals surface area contributed by atoms with Crippen molar-refractivity contribution in [3.05, 3.63) is 94.5 Å². The summed E-state index contributed by atoms with van der Waals surface area (Å²) < 4.78 is 16.2. The van der Waals surface area contributed by atoms with E-state index in [0.29, 0.717) is 37.1 Å². The highest BCUT2D eigenvalue weighted by molar-refractivity contribution is 6.02. The molecule has 55 heavy (non-hydrogen) atoms. The molecular weight excluding hydrogens is 704 g/mol. The first-order valence-corrected chi connectivity index (χ1v) is 18.1. The molecule has 0 bridgehead atoms. The van der Waals surface area contributed by atoms with Gasteiger partial charge >= 0.3 is 18.2 Å². The highest BCUT2D eigenvalue weighted by Crippen LogP contribution is 2.31. The first-order valence-electron chi connectivity index (χ1n) is 18.1. The number of guanidine groups is 1. The van der Waals surface area contributed by atoms with Crippen molar-refractivity contribution < 1.29 is 43.0 Å². The lowest BCUT2D eigenvalue weighted by Gasteiger charge is -2.30. The molecule has 0 heterocycles. The molecule has 0 aliphatic heterocycles. The Morgan fingerprint density at radius 2 is 1.33 bits per heavy atom. The van der Waals surface area contributed by atoms with Crippen LogP contribution in [0.5, 0.6) is 5.75 Å². The Bertz CT molecular complexity index is 1910. The Hall–Kier alpha value is -5.85. The number of alkyl carbamates (subject to hydrolysis) is 2. The van der Waals surface area contributed by atoms with Gasteiger partial charge in [-0.3, -0.25) is 25.0 Å². The van der Waals surface area contributed by atoms with Crippen LogP contribution in [0.2, 0.25) is 0 Å². The molecule has 3 aromatic rings. The van der Waals surface area contributed by atoms with Crippen LogP contribution in [-0.2, 0) is 49.7 Å². The topological polar surface area (TPSA) is 170 Å². The maximum Gasteiger partial charge on any atom is 0.414 e. The second-order valence-corrected chi connectivity index (χ2v) is 15.6. The minimum Gasteiger partial charge on any atom is -0.444 e. The largest absolute Gasteiger partial charge is 0.444 e. The van der Waals surface area contributed by atoms with E-state index in [-0.39, 0.29) is 48.0 Å². The number of carbonyl (C=O) groups is 6. The monoisotopic (exact) mass is 754 g/mol. The number of fused-ring (bicyclic) bond motifs is 1. The third kappa shape index (κ3) is 13.8. The maximum atomic E-state index is 13.7. The zero-order chi connectivity index (χ0) is 40.5. The molecule has 0 aromatic heterocycles. The van der Waals surface area contributed by atoms with E-state index in [9.17, 15) is 28.8 Å². The lowest BCUT2D eigenvalue weighted by Crippen LogP contribution is -2.47. The number of amides is 3. The summed E-state index contributed by atoms with van der Waals surface area (Å²) in [5, 5.41) is 4.83. The number of ketones is 2. The maximum absolute atomic E-state index is 13.7. The second-order valence-electron chi connectivity index (χ2n) is 15.6. The molecule has 2 N–H and O–H groups in total. The van der Waals surface area contributed by atoms with Gasteiger partial charge in [0.25, 0.3) is 0 Å². The molecule has 0 saturated carbocycles. The molecule has 13 nitrogen and oxygen atoms in total. The Balaban J connectivity index is 1.40. The van der Waals surface area contributed by atoms with Crippen molar-refractivity contribution in [3.8, 4) is 5.75 Å². The van der Waals surface area contributed by atoms with Crippen LogP contribution in [-0.4, -0.2) is 64.2 Å². The fraction of sp³-hybridized carbons (Fsp3) is 0.405. The molecule has 4 rings (SSSR count). The van der Waals surface area contributed by atoms with Gasteiger partial charge in [0, 0.05) is 18.9 Å². The minimum absolute atomic E-state index is 0.00666. The van der Waals surface area contributed by atoms with E-state index in [1.54, 1.807) is 58.6 Å². The van der Waals surface area contributed by atoms with Gasteiger partial charge < -0.3 is 19.1 Å². The molecule has 3 amide bonds. The quantitative estimate of drug-likeness (QED) is 0.0979. The Morgan fingerprint density at radius 1 is 0.745 bits per heavy atom. The fourth-order valence-corrected chi connectivity index (χ4v) is 5.87. The number of Topliss-reactive ketones (excluding diaryl/α,β-unsaturated/α-hetero) is 2. The molecule has 1 atom stereocenters. The summed E-state index contributed by atoms with van der Waals surface area (Å²) in [4.78, 5) is 81.1. The standard InChI is InChI=1S/C42H50N4O9/c1-26(47)21-28-9-11-29(12-10-28)25-46(24-27(2)48)36(49)33-14-13-32-23-35(20-17-31(32)22-33)53-37(50)30-15-18-34(19-16-30)43-38(44-39(51)54-41(3,4)5)45-40(52)55-42(6,7)8/h9-12,15-20,23,33H,13-14,21-22,24-25H2,1-8H3,(H2,43,44,45,51,52). The summed E-state index contributed by atoms with van der Waals surface area (Å²) in [6.45, 7) is 13.5. The lowest BCUT2D eigenvalue weighted by molar-refractivity contribution is -0.139. The van der Waals surface area contributed by atoms with Crippen molar-refractivity contribution in [1.29, 1.82) is 0 Å². The number of hydrogen-bond donors (Lipinski definition) is 2. The average molecular weight is 755 g/mol. The van der Waals surface area contributed by atoms with E-state index in [1.165, 1.54) is 38.1 Å². The van der Waals surface area contributed by atoms with Gasteiger partial charge in [-0.25, -0.2) is 19.4 Å². The van der Waals surface area contributed by atoms with Crippen LogP contribution in [0, 0.1) is 5.92 Å². The summed E-state index contributed by atoms with van der Waals surface area (Å²) in [7, 11) is 0. The molecule has 1 aliphatic rings. The second kappa shape index (κ2) is 18.0. The normalized spacial score (nSPS) is 13.7. The van der Waals surface area contributed by atoms with Crippen LogP contribution in [0.4, 0.5) is 15.3 Å².